The topological polar surface area (TPSA) is 62.6 Å². The van der Waals surface area contributed by atoms with Gasteiger partial charge < -0.3 is 14.8 Å². The van der Waals surface area contributed by atoms with E-state index < -0.39 is 7.12 Å². The fourth-order valence-corrected chi connectivity index (χ4v) is 1.25. The van der Waals surface area contributed by atoms with Gasteiger partial charge in [-0.15, -0.1) is 0 Å². The molecule has 0 aliphatic carbocycles. The summed E-state index contributed by atoms with van der Waals surface area (Å²) >= 11 is 0. The standard InChI is InChI=1S/C11H10BNO3/c14-12(15)9-6-7-13-11(8-9)16-10-4-2-1-3-5-10/h1-8,14-15H. The van der Waals surface area contributed by atoms with Crippen LogP contribution in [-0.4, -0.2) is 22.2 Å². The summed E-state index contributed by atoms with van der Waals surface area (Å²) in [6.07, 6.45) is 1.47. The van der Waals surface area contributed by atoms with Crippen LogP contribution in [-0.2, 0) is 0 Å². The second-order valence-corrected chi connectivity index (χ2v) is 3.22. The zero-order chi connectivity index (χ0) is 11.4. The van der Waals surface area contributed by atoms with Gasteiger partial charge in [-0.05, 0) is 23.7 Å². The van der Waals surface area contributed by atoms with E-state index in [1.165, 1.54) is 18.3 Å². The molecule has 16 heavy (non-hydrogen) atoms. The first-order valence-corrected chi connectivity index (χ1v) is 4.81. The second kappa shape index (κ2) is 4.78. The monoisotopic (exact) mass is 215 g/mol. The van der Waals surface area contributed by atoms with E-state index in [-0.39, 0.29) is 0 Å². The highest BCUT2D eigenvalue weighted by Gasteiger charge is 2.11. The van der Waals surface area contributed by atoms with E-state index in [1.54, 1.807) is 12.1 Å². The van der Waals surface area contributed by atoms with Gasteiger partial charge in [0, 0.05) is 12.3 Å². The molecular formula is C11H10BNO3. The first-order valence-electron chi connectivity index (χ1n) is 4.81. The van der Waals surface area contributed by atoms with Gasteiger partial charge in [0.1, 0.15) is 5.75 Å². The molecule has 0 fully saturated rings. The van der Waals surface area contributed by atoms with Crippen LogP contribution >= 0.6 is 0 Å². The number of hydrogen-bond acceptors (Lipinski definition) is 4. The molecule has 0 saturated heterocycles. The third kappa shape index (κ3) is 2.59. The van der Waals surface area contributed by atoms with Crippen LogP contribution in [0.5, 0.6) is 11.6 Å². The molecule has 1 heterocycles. The number of rotatable bonds is 3. The van der Waals surface area contributed by atoms with Crippen molar-refractivity contribution in [2.75, 3.05) is 0 Å². The molecule has 0 amide bonds. The molecule has 0 atom stereocenters. The van der Waals surface area contributed by atoms with Crippen LogP contribution in [0.4, 0.5) is 0 Å². The predicted molar refractivity (Wildman–Crippen MR) is 60.6 cm³/mol. The van der Waals surface area contributed by atoms with Crippen molar-refractivity contribution in [3.8, 4) is 11.6 Å². The minimum absolute atomic E-state index is 0.330. The Morgan fingerprint density at radius 2 is 1.81 bits per heavy atom. The van der Waals surface area contributed by atoms with Crippen LogP contribution in [0.25, 0.3) is 0 Å². The van der Waals surface area contributed by atoms with Gasteiger partial charge in [0.05, 0.1) is 0 Å². The molecule has 5 heteroatoms. The predicted octanol–water partition coefficient (Wildman–Crippen LogP) is 0.554. The summed E-state index contributed by atoms with van der Waals surface area (Å²) in [4.78, 5) is 3.97. The Kier molecular flexibility index (Phi) is 3.19. The Morgan fingerprint density at radius 1 is 1.06 bits per heavy atom. The lowest BCUT2D eigenvalue weighted by atomic mass is 9.81. The highest BCUT2D eigenvalue weighted by atomic mass is 16.5. The fourth-order valence-electron chi connectivity index (χ4n) is 1.25. The maximum Gasteiger partial charge on any atom is 0.488 e. The highest BCUT2D eigenvalue weighted by Crippen LogP contribution is 2.16. The van der Waals surface area contributed by atoms with E-state index in [4.69, 9.17) is 14.8 Å². The molecule has 1 aromatic carbocycles. The first-order chi connectivity index (χ1) is 7.75. The van der Waals surface area contributed by atoms with Gasteiger partial charge in [0.2, 0.25) is 5.88 Å². The largest absolute Gasteiger partial charge is 0.488 e. The molecular weight excluding hydrogens is 205 g/mol. The summed E-state index contributed by atoms with van der Waals surface area (Å²) < 4.78 is 5.44. The van der Waals surface area contributed by atoms with Crippen molar-refractivity contribution in [3.63, 3.8) is 0 Å². The van der Waals surface area contributed by atoms with Crippen molar-refractivity contribution in [2.45, 2.75) is 0 Å². The lowest BCUT2D eigenvalue weighted by molar-refractivity contribution is 0.424. The maximum atomic E-state index is 8.99. The number of nitrogens with zero attached hydrogens (tertiary/aromatic N) is 1. The van der Waals surface area contributed by atoms with E-state index in [0.29, 0.717) is 17.1 Å². The molecule has 0 aliphatic heterocycles. The Balaban J connectivity index is 2.19. The van der Waals surface area contributed by atoms with Crippen molar-refractivity contribution in [1.82, 2.24) is 4.98 Å². The molecule has 0 bridgehead atoms. The molecule has 2 rings (SSSR count). The molecule has 80 valence electrons. The number of hydrogen-bond donors (Lipinski definition) is 2. The summed E-state index contributed by atoms with van der Waals surface area (Å²) in [5.74, 6) is 0.983. The number of aromatic nitrogens is 1. The average Bonchev–Trinajstić information content (AvgIpc) is 2.30. The maximum absolute atomic E-state index is 8.99. The molecule has 0 radical (unpaired) electrons. The smallest absolute Gasteiger partial charge is 0.439 e. The Morgan fingerprint density at radius 3 is 2.50 bits per heavy atom. The quantitative estimate of drug-likeness (QED) is 0.734. The summed E-state index contributed by atoms with van der Waals surface area (Å²) in [5, 5.41) is 18.0. The van der Waals surface area contributed by atoms with Crippen LogP contribution in [0.3, 0.4) is 0 Å². The molecule has 2 aromatic rings. The average molecular weight is 215 g/mol. The third-order valence-corrected chi connectivity index (χ3v) is 2.02. The Hall–Kier alpha value is -1.85. The molecule has 1 aromatic heterocycles. The van der Waals surface area contributed by atoms with Crippen molar-refractivity contribution >= 4 is 12.6 Å². The summed E-state index contributed by atoms with van der Waals surface area (Å²) in [6.45, 7) is 0. The Labute approximate surface area is 93.3 Å². The number of pyridine rings is 1. The van der Waals surface area contributed by atoms with Gasteiger partial charge in [0.15, 0.2) is 0 Å². The fraction of sp³-hybridized carbons (Fsp3) is 0. The molecule has 0 aliphatic rings. The van der Waals surface area contributed by atoms with Crippen LogP contribution < -0.4 is 10.2 Å². The van der Waals surface area contributed by atoms with Crippen LogP contribution in [0, 0.1) is 0 Å². The minimum Gasteiger partial charge on any atom is -0.439 e. The van der Waals surface area contributed by atoms with Gasteiger partial charge in [-0.1, -0.05) is 18.2 Å². The second-order valence-electron chi connectivity index (χ2n) is 3.22. The minimum atomic E-state index is -1.51. The molecule has 0 spiro atoms. The molecule has 0 unspecified atom stereocenters. The van der Waals surface area contributed by atoms with Gasteiger partial charge >= 0.3 is 7.12 Å². The van der Waals surface area contributed by atoms with Crippen LogP contribution in [0.15, 0.2) is 48.7 Å². The number of benzene rings is 1. The summed E-state index contributed by atoms with van der Waals surface area (Å²) in [6, 6.07) is 12.2. The van der Waals surface area contributed by atoms with E-state index in [2.05, 4.69) is 4.98 Å². The van der Waals surface area contributed by atoms with Gasteiger partial charge in [-0.3, -0.25) is 0 Å². The van der Waals surface area contributed by atoms with Gasteiger partial charge in [-0.2, -0.15) is 0 Å². The van der Waals surface area contributed by atoms with E-state index >= 15 is 0 Å². The molecule has 4 nitrogen and oxygen atoms in total. The third-order valence-electron chi connectivity index (χ3n) is 2.02. The van der Waals surface area contributed by atoms with Gasteiger partial charge in [0.25, 0.3) is 0 Å². The van der Waals surface area contributed by atoms with Crippen molar-refractivity contribution < 1.29 is 14.8 Å². The SMILES string of the molecule is OB(O)c1ccnc(Oc2ccccc2)c1. The van der Waals surface area contributed by atoms with E-state index in [1.807, 2.05) is 18.2 Å². The van der Waals surface area contributed by atoms with E-state index in [9.17, 15) is 0 Å². The zero-order valence-electron chi connectivity index (χ0n) is 8.45. The van der Waals surface area contributed by atoms with Crippen LogP contribution in [0.1, 0.15) is 0 Å². The first kappa shape index (κ1) is 10.7. The summed E-state index contributed by atoms with van der Waals surface area (Å²) in [7, 11) is -1.51. The van der Waals surface area contributed by atoms with Crippen LogP contribution in [0.2, 0.25) is 0 Å². The molecule has 0 saturated carbocycles. The summed E-state index contributed by atoms with van der Waals surface area (Å²) in [5.41, 5.74) is 0.348. The van der Waals surface area contributed by atoms with Crippen molar-refractivity contribution in [3.05, 3.63) is 48.7 Å². The number of para-hydroxylation sites is 1. The van der Waals surface area contributed by atoms with Gasteiger partial charge in [-0.25, -0.2) is 4.98 Å². The lowest BCUT2D eigenvalue weighted by Crippen LogP contribution is -2.29. The Bertz CT molecular complexity index is 462. The van der Waals surface area contributed by atoms with E-state index in [0.717, 1.165) is 0 Å². The number of ether oxygens (including phenoxy) is 1. The van der Waals surface area contributed by atoms with Crippen molar-refractivity contribution in [2.24, 2.45) is 0 Å². The zero-order valence-corrected chi connectivity index (χ0v) is 8.45. The highest BCUT2D eigenvalue weighted by molar-refractivity contribution is 6.58. The molecule has 2 N–H and O–H groups in total. The normalized spacial score (nSPS) is 9.88. The van der Waals surface area contributed by atoms with Crippen molar-refractivity contribution in [1.29, 1.82) is 0 Å². The lowest BCUT2D eigenvalue weighted by Gasteiger charge is -2.05.